The van der Waals surface area contributed by atoms with Crippen molar-refractivity contribution < 1.29 is 19.2 Å². The molecule has 0 aliphatic rings. The molecule has 0 saturated heterocycles. The van der Waals surface area contributed by atoms with E-state index in [4.69, 9.17) is 5.11 Å². The van der Waals surface area contributed by atoms with Crippen LogP contribution in [0.2, 0.25) is 0 Å². The van der Waals surface area contributed by atoms with E-state index in [1.165, 1.54) is 0 Å². The minimum absolute atomic E-state index is 0.0605. The maximum absolute atomic E-state index is 11.3. The summed E-state index contributed by atoms with van der Waals surface area (Å²) in [4.78, 5) is 22.3. The van der Waals surface area contributed by atoms with Crippen LogP contribution in [0, 0.1) is 0 Å². The minimum Gasteiger partial charge on any atom is -0.477 e. The van der Waals surface area contributed by atoms with Crippen molar-refractivity contribution in [3.8, 4) is 0 Å². The van der Waals surface area contributed by atoms with Crippen molar-refractivity contribution in [2.75, 3.05) is 21.1 Å². The predicted octanol–water partition coefficient (Wildman–Crippen LogP) is 1.07. The van der Waals surface area contributed by atoms with E-state index in [9.17, 15) is 9.59 Å². The van der Waals surface area contributed by atoms with Crippen LogP contribution in [0.5, 0.6) is 0 Å². The van der Waals surface area contributed by atoms with Gasteiger partial charge >= 0.3 is 5.97 Å². The molecule has 0 radical (unpaired) electrons. The number of hydrogen-bond donors (Lipinski definition) is 1. The summed E-state index contributed by atoms with van der Waals surface area (Å²) in [5.41, 5.74) is 0.487. The second-order valence-corrected chi connectivity index (χ2v) is 4.71. The summed E-state index contributed by atoms with van der Waals surface area (Å²) >= 11 is 0. The first-order chi connectivity index (χ1) is 6.66. The summed E-state index contributed by atoms with van der Waals surface area (Å²) in [5.74, 6) is -0.924. The van der Waals surface area contributed by atoms with E-state index in [0.29, 0.717) is 16.5 Å². The Morgan fingerprint density at radius 2 is 1.80 bits per heavy atom. The largest absolute Gasteiger partial charge is 0.477 e. The fourth-order valence-corrected chi connectivity index (χ4v) is 1.32. The molecule has 0 rings (SSSR count). The molecule has 4 heteroatoms. The topological polar surface area (TPSA) is 54.4 Å². The number of hydrogen-bond acceptors (Lipinski definition) is 2. The molecule has 0 aliphatic carbocycles. The van der Waals surface area contributed by atoms with Crippen molar-refractivity contribution in [1.29, 1.82) is 0 Å². The van der Waals surface area contributed by atoms with Crippen LogP contribution in [0.15, 0.2) is 12.2 Å². The summed E-state index contributed by atoms with van der Waals surface area (Å²) in [6.45, 7) is 5.18. The van der Waals surface area contributed by atoms with E-state index in [1.807, 2.05) is 21.1 Å². The molecule has 15 heavy (non-hydrogen) atoms. The minimum atomic E-state index is -0.864. The second kappa shape index (κ2) is 5.07. The van der Waals surface area contributed by atoms with Gasteiger partial charge in [-0.25, -0.2) is 4.79 Å². The Labute approximate surface area is 90.8 Å². The fourth-order valence-electron chi connectivity index (χ4n) is 1.32. The van der Waals surface area contributed by atoms with Crippen LogP contribution in [0.1, 0.15) is 19.8 Å². The van der Waals surface area contributed by atoms with Gasteiger partial charge < -0.3 is 9.59 Å². The third-order valence-corrected chi connectivity index (χ3v) is 2.34. The van der Waals surface area contributed by atoms with Crippen LogP contribution in [-0.2, 0) is 9.59 Å². The Kier molecular flexibility index (Phi) is 4.68. The molecular weight excluding hydrogens is 194 g/mol. The Bertz CT molecular complexity index is 276. The molecule has 0 bridgehead atoms. The predicted molar refractivity (Wildman–Crippen MR) is 58.5 cm³/mol. The molecule has 4 nitrogen and oxygen atoms in total. The van der Waals surface area contributed by atoms with Gasteiger partial charge in [-0.3, -0.25) is 4.79 Å². The van der Waals surface area contributed by atoms with E-state index >= 15 is 0 Å². The zero-order chi connectivity index (χ0) is 12.2. The van der Waals surface area contributed by atoms with Gasteiger partial charge in [-0.1, -0.05) is 6.58 Å². The van der Waals surface area contributed by atoms with Gasteiger partial charge in [0.15, 0.2) is 11.8 Å². The quantitative estimate of drug-likeness (QED) is 0.531. The van der Waals surface area contributed by atoms with Crippen molar-refractivity contribution in [2.45, 2.75) is 25.8 Å². The van der Waals surface area contributed by atoms with Crippen molar-refractivity contribution >= 4 is 11.8 Å². The number of likely N-dealkylation sites (N-methyl/N-ethyl adjacent to an activating group) is 1. The van der Waals surface area contributed by atoms with E-state index in [0.717, 1.165) is 0 Å². The molecule has 1 atom stereocenters. The van der Waals surface area contributed by atoms with Gasteiger partial charge in [0.05, 0.1) is 21.1 Å². The first kappa shape index (κ1) is 13.8. The van der Waals surface area contributed by atoms with Crippen molar-refractivity contribution in [3.05, 3.63) is 12.2 Å². The SMILES string of the molecule is C=C(C)C(=O)CCC(C(=O)O)[N+](C)(C)C. The standard InChI is InChI=1S/C11H19NO3/c1-8(2)10(13)7-6-9(11(14)15)12(3,4)5/h9H,1,6-7H2,2-5H3/p+1. The number of carboxylic acid groups (broad SMARTS) is 1. The van der Waals surface area contributed by atoms with Crippen LogP contribution >= 0.6 is 0 Å². The highest BCUT2D eigenvalue weighted by atomic mass is 16.4. The van der Waals surface area contributed by atoms with Crippen LogP contribution in [0.25, 0.3) is 0 Å². The Hall–Kier alpha value is -1.16. The van der Waals surface area contributed by atoms with Crippen molar-refractivity contribution in [1.82, 2.24) is 0 Å². The average molecular weight is 214 g/mol. The molecule has 86 valence electrons. The lowest BCUT2D eigenvalue weighted by molar-refractivity contribution is -0.887. The van der Waals surface area contributed by atoms with Crippen molar-refractivity contribution in [3.63, 3.8) is 0 Å². The smallest absolute Gasteiger partial charge is 0.362 e. The number of ketones is 1. The summed E-state index contributed by atoms with van der Waals surface area (Å²) in [6.07, 6.45) is 0.604. The van der Waals surface area contributed by atoms with E-state index in [-0.39, 0.29) is 12.2 Å². The summed E-state index contributed by atoms with van der Waals surface area (Å²) in [6, 6.07) is -0.548. The maximum atomic E-state index is 11.3. The zero-order valence-electron chi connectivity index (χ0n) is 9.91. The Balaban J connectivity index is 4.40. The maximum Gasteiger partial charge on any atom is 0.362 e. The van der Waals surface area contributed by atoms with E-state index in [1.54, 1.807) is 6.92 Å². The van der Waals surface area contributed by atoms with Gasteiger partial charge in [-0.05, 0) is 12.5 Å². The summed E-state index contributed by atoms with van der Waals surface area (Å²) < 4.78 is 0.318. The van der Waals surface area contributed by atoms with Crippen molar-refractivity contribution in [2.24, 2.45) is 0 Å². The number of Topliss-reactive ketones (excluding diaryl/α,β-unsaturated/α-hetero) is 1. The molecule has 0 spiro atoms. The van der Waals surface area contributed by atoms with Crippen LogP contribution in [0.3, 0.4) is 0 Å². The molecule has 1 N–H and O–H groups in total. The van der Waals surface area contributed by atoms with E-state index < -0.39 is 12.0 Å². The van der Waals surface area contributed by atoms with Gasteiger partial charge in [-0.15, -0.1) is 0 Å². The zero-order valence-corrected chi connectivity index (χ0v) is 9.91. The lowest BCUT2D eigenvalue weighted by Gasteiger charge is -2.30. The lowest BCUT2D eigenvalue weighted by atomic mass is 10.0. The molecule has 0 heterocycles. The molecule has 0 amide bonds. The first-order valence-corrected chi connectivity index (χ1v) is 4.89. The molecule has 0 aromatic carbocycles. The number of carbonyl (C=O) groups excluding carboxylic acids is 1. The number of carbonyl (C=O) groups is 2. The van der Waals surface area contributed by atoms with E-state index in [2.05, 4.69) is 6.58 Å². The molecule has 0 aromatic rings. The number of aliphatic carboxylic acids is 1. The molecule has 0 saturated carbocycles. The molecule has 0 aromatic heterocycles. The number of carboxylic acids is 1. The monoisotopic (exact) mass is 214 g/mol. The Morgan fingerprint density at radius 3 is 2.07 bits per heavy atom. The molecule has 1 unspecified atom stereocenters. The average Bonchev–Trinajstić information content (AvgIpc) is 2.00. The van der Waals surface area contributed by atoms with Crippen LogP contribution in [0.4, 0.5) is 0 Å². The summed E-state index contributed by atoms with van der Waals surface area (Å²) in [7, 11) is 5.43. The normalized spacial score (nSPS) is 13.3. The second-order valence-electron chi connectivity index (χ2n) is 4.71. The molecule has 0 fully saturated rings. The van der Waals surface area contributed by atoms with Gasteiger partial charge in [0.25, 0.3) is 0 Å². The number of quaternary nitrogens is 1. The third-order valence-electron chi connectivity index (χ3n) is 2.34. The third kappa shape index (κ3) is 4.74. The van der Waals surface area contributed by atoms with Gasteiger partial charge in [-0.2, -0.15) is 0 Å². The highest BCUT2D eigenvalue weighted by Gasteiger charge is 2.31. The molecule has 0 aliphatic heterocycles. The van der Waals surface area contributed by atoms with Gasteiger partial charge in [0.1, 0.15) is 0 Å². The van der Waals surface area contributed by atoms with Crippen LogP contribution < -0.4 is 0 Å². The van der Waals surface area contributed by atoms with Crippen LogP contribution in [-0.4, -0.2) is 48.5 Å². The van der Waals surface area contributed by atoms with Gasteiger partial charge in [0.2, 0.25) is 0 Å². The van der Waals surface area contributed by atoms with Gasteiger partial charge in [0, 0.05) is 12.8 Å². The first-order valence-electron chi connectivity index (χ1n) is 4.89. The highest BCUT2D eigenvalue weighted by Crippen LogP contribution is 2.12. The number of nitrogens with zero attached hydrogens (tertiary/aromatic N) is 1. The number of allylic oxidation sites excluding steroid dienone is 1. The summed E-state index contributed by atoms with van der Waals surface area (Å²) in [5, 5.41) is 9.01. The molecular formula is C11H20NO3+. The number of rotatable bonds is 6. The fraction of sp³-hybridized carbons (Fsp3) is 0.636. The lowest BCUT2D eigenvalue weighted by Crippen LogP contribution is -2.49. The Morgan fingerprint density at radius 1 is 1.33 bits per heavy atom. The highest BCUT2D eigenvalue weighted by molar-refractivity contribution is 5.94.